The zero-order valence-corrected chi connectivity index (χ0v) is 10.4. The Hall–Kier alpha value is -1.87. The van der Waals surface area contributed by atoms with Crippen LogP contribution in [-0.4, -0.2) is 17.3 Å². The molecule has 1 aliphatic rings. The van der Waals surface area contributed by atoms with Gasteiger partial charge in [-0.05, 0) is 29.3 Å². The summed E-state index contributed by atoms with van der Waals surface area (Å²) < 4.78 is 18.8. The molecule has 0 aromatic heterocycles. The van der Waals surface area contributed by atoms with Gasteiger partial charge in [0.1, 0.15) is 17.7 Å². The van der Waals surface area contributed by atoms with Gasteiger partial charge in [-0.3, -0.25) is 0 Å². The van der Waals surface area contributed by atoms with Gasteiger partial charge < -0.3 is 9.84 Å². The number of hydrogen-bond donors (Lipinski definition) is 1. The van der Waals surface area contributed by atoms with Crippen molar-refractivity contribution < 1.29 is 14.2 Å². The van der Waals surface area contributed by atoms with Gasteiger partial charge in [0.2, 0.25) is 0 Å². The predicted octanol–water partition coefficient (Wildman–Crippen LogP) is 2.73. The summed E-state index contributed by atoms with van der Waals surface area (Å²) in [6, 6.07) is 14.1. The summed E-state index contributed by atoms with van der Waals surface area (Å²) in [6.07, 6.45) is 0.221. The van der Waals surface area contributed by atoms with Crippen LogP contribution in [0.25, 0.3) is 0 Å². The van der Waals surface area contributed by atoms with Gasteiger partial charge in [0.15, 0.2) is 0 Å². The zero-order chi connectivity index (χ0) is 13.2. The standard InChI is InChI=1S/C16H15FO2/c17-13-6-3-4-11(8-13)9-14(18)16-10-12-5-1-2-7-15(12)19-16/h1-8,14,16,18H,9-10H2. The fourth-order valence-electron chi connectivity index (χ4n) is 2.46. The highest BCUT2D eigenvalue weighted by Crippen LogP contribution is 2.30. The fraction of sp³-hybridized carbons (Fsp3) is 0.250. The smallest absolute Gasteiger partial charge is 0.129 e. The van der Waals surface area contributed by atoms with E-state index in [0.717, 1.165) is 16.9 Å². The first kappa shape index (κ1) is 12.2. The molecule has 1 N–H and O–H groups in total. The quantitative estimate of drug-likeness (QED) is 0.917. The van der Waals surface area contributed by atoms with Crippen molar-refractivity contribution in [3.05, 3.63) is 65.5 Å². The van der Waals surface area contributed by atoms with E-state index in [2.05, 4.69) is 0 Å². The van der Waals surface area contributed by atoms with Crippen molar-refractivity contribution in [1.82, 2.24) is 0 Å². The number of ether oxygens (including phenoxy) is 1. The Morgan fingerprint density at radius 3 is 2.84 bits per heavy atom. The number of benzene rings is 2. The van der Waals surface area contributed by atoms with E-state index in [-0.39, 0.29) is 11.9 Å². The molecule has 1 aliphatic heterocycles. The highest BCUT2D eigenvalue weighted by atomic mass is 19.1. The van der Waals surface area contributed by atoms with Crippen molar-refractivity contribution in [2.24, 2.45) is 0 Å². The number of fused-ring (bicyclic) bond motifs is 1. The lowest BCUT2D eigenvalue weighted by Crippen LogP contribution is -2.32. The maximum absolute atomic E-state index is 13.1. The number of hydrogen-bond acceptors (Lipinski definition) is 2. The number of para-hydroxylation sites is 1. The van der Waals surface area contributed by atoms with Gasteiger partial charge in [0.25, 0.3) is 0 Å². The van der Waals surface area contributed by atoms with Crippen LogP contribution in [-0.2, 0) is 12.8 Å². The molecule has 0 bridgehead atoms. The van der Waals surface area contributed by atoms with Crippen LogP contribution in [0.5, 0.6) is 5.75 Å². The minimum atomic E-state index is -0.630. The van der Waals surface area contributed by atoms with Crippen LogP contribution in [0.1, 0.15) is 11.1 Å². The molecule has 1 heterocycles. The largest absolute Gasteiger partial charge is 0.487 e. The van der Waals surface area contributed by atoms with Crippen LogP contribution < -0.4 is 4.74 Å². The van der Waals surface area contributed by atoms with Gasteiger partial charge >= 0.3 is 0 Å². The maximum atomic E-state index is 13.1. The molecule has 0 fully saturated rings. The van der Waals surface area contributed by atoms with E-state index >= 15 is 0 Å². The molecule has 19 heavy (non-hydrogen) atoms. The van der Waals surface area contributed by atoms with E-state index in [0.29, 0.717) is 12.8 Å². The van der Waals surface area contributed by atoms with Crippen LogP contribution in [0.3, 0.4) is 0 Å². The lowest BCUT2D eigenvalue weighted by atomic mass is 10.0. The lowest BCUT2D eigenvalue weighted by Gasteiger charge is -2.18. The van der Waals surface area contributed by atoms with E-state index in [4.69, 9.17) is 4.74 Å². The van der Waals surface area contributed by atoms with Gasteiger partial charge in [-0.15, -0.1) is 0 Å². The van der Waals surface area contributed by atoms with E-state index in [1.54, 1.807) is 6.07 Å². The SMILES string of the molecule is OC(Cc1cccc(F)c1)C1Cc2ccccc2O1. The molecule has 0 radical (unpaired) electrons. The average Bonchev–Trinajstić information content (AvgIpc) is 2.82. The van der Waals surface area contributed by atoms with E-state index in [1.807, 2.05) is 30.3 Å². The third kappa shape index (κ3) is 2.61. The molecule has 0 saturated carbocycles. The van der Waals surface area contributed by atoms with Gasteiger partial charge in [0, 0.05) is 12.8 Å². The van der Waals surface area contributed by atoms with Crippen LogP contribution in [0.4, 0.5) is 4.39 Å². The molecular weight excluding hydrogens is 243 g/mol. The highest BCUT2D eigenvalue weighted by molar-refractivity contribution is 5.37. The Morgan fingerprint density at radius 2 is 2.05 bits per heavy atom. The van der Waals surface area contributed by atoms with Gasteiger partial charge in [-0.1, -0.05) is 30.3 Å². The minimum Gasteiger partial charge on any atom is -0.487 e. The monoisotopic (exact) mass is 258 g/mol. The molecule has 2 aromatic carbocycles. The van der Waals surface area contributed by atoms with Crippen LogP contribution >= 0.6 is 0 Å². The molecule has 98 valence electrons. The van der Waals surface area contributed by atoms with Crippen molar-refractivity contribution in [1.29, 1.82) is 0 Å². The number of aliphatic hydroxyl groups is 1. The van der Waals surface area contributed by atoms with Gasteiger partial charge in [-0.25, -0.2) is 4.39 Å². The Kier molecular flexibility index (Phi) is 3.22. The van der Waals surface area contributed by atoms with E-state index in [1.165, 1.54) is 12.1 Å². The summed E-state index contributed by atoms with van der Waals surface area (Å²) in [5.41, 5.74) is 1.90. The molecule has 2 unspecified atom stereocenters. The number of aliphatic hydroxyl groups excluding tert-OH is 1. The Morgan fingerprint density at radius 1 is 1.21 bits per heavy atom. The molecule has 0 saturated heterocycles. The Bertz CT molecular complexity index is 557. The Labute approximate surface area is 111 Å². The maximum Gasteiger partial charge on any atom is 0.129 e. The summed E-state index contributed by atoms with van der Waals surface area (Å²) in [6.45, 7) is 0. The summed E-state index contributed by atoms with van der Waals surface area (Å²) in [5, 5.41) is 10.2. The normalized spacial score (nSPS) is 18.7. The lowest BCUT2D eigenvalue weighted by molar-refractivity contribution is 0.0502. The van der Waals surface area contributed by atoms with E-state index in [9.17, 15) is 9.50 Å². The highest BCUT2D eigenvalue weighted by Gasteiger charge is 2.28. The third-order valence-corrected chi connectivity index (χ3v) is 3.44. The van der Waals surface area contributed by atoms with Gasteiger partial charge in [0.05, 0.1) is 6.10 Å². The molecule has 0 amide bonds. The predicted molar refractivity (Wildman–Crippen MR) is 70.7 cm³/mol. The zero-order valence-electron chi connectivity index (χ0n) is 10.4. The number of halogens is 1. The second-order valence-electron chi connectivity index (χ2n) is 4.87. The molecule has 0 aliphatic carbocycles. The summed E-state index contributed by atoms with van der Waals surface area (Å²) in [4.78, 5) is 0. The molecular formula is C16H15FO2. The summed E-state index contributed by atoms with van der Waals surface area (Å²) in [5.74, 6) is 0.561. The second kappa shape index (κ2) is 5.02. The molecule has 0 spiro atoms. The first-order chi connectivity index (χ1) is 9.22. The molecule has 2 atom stereocenters. The van der Waals surface area contributed by atoms with Crippen LogP contribution in [0, 0.1) is 5.82 Å². The van der Waals surface area contributed by atoms with Crippen molar-refractivity contribution >= 4 is 0 Å². The molecule has 2 nitrogen and oxygen atoms in total. The first-order valence-electron chi connectivity index (χ1n) is 6.39. The number of rotatable bonds is 3. The summed E-state index contributed by atoms with van der Waals surface area (Å²) >= 11 is 0. The van der Waals surface area contributed by atoms with Crippen LogP contribution in [0.15, 0.2) is 48.5 Å². The topological polar surface area (TPSA) is 29.5 Å². The van der Waals surface area contributed by atoms with Crippen molar-refractivity contribution in [3.8, 4) is 5.75 Å². The van der Waals surface area contributed by atoms with E-state index < -0.39 is 6.10 Å². The van der Waals surface area contributed by atoms with Crippen LogP contribution in [0.2, 0.25) is 0 Å². The van der Waals surface area contributed by atoms with Crippen molar-refractivity contribution in [3.63, 3.8) is 0 Å². The molecule has 2 aromatic rings. The third-order valence-electron chi connectivity index (χ3n) is 3.44. The first-order valence-corrected chi connectivity index (χ1v) is 6.39. The molecule has 3 heteroatoms. The fourth-order valence-corrected chi connectivity index (χ4v) is 2.46. The Balaban J connectivity index is 1.68. The average molecular weight is 258 g/mol. The molecule has 3 rings (SSSR count). The van der Waals surface area contributed by atoms with Crippen molar-refractivity contribution in [2.75, 3.05) is 0 Å². The summed E-state index contributed by atoms with van der Waals surface area (Å²) in [7, 11) is 0. The van der Waals surface area contributed by atoms with Gasteiger partial charge in [-0.2, -0.15) is 0 Å². The minimum absolute atomic E-state index is 0.249. The second-order valence-corrected chi connectivity index (χ2v) is 4.87. The van der Waals surface area contributed by atoms with Crippen molar-refractivity contribution in [2.45, 2.75) is 25.0 Å².